The highest BCUT2D eigenvalue weighted by Gasteiger charge is 2.59. The van der Waals surface area contributed by atoms with Crippen LogP contribution in [-0.2, 0) is 18.5 Å². The predicted octanol–water partition coefficient (Wildman–Crippen LogP) is 7.51. The van der Waals surface area contributed by atoms with E-state index in [2.05, 4.69) is 127 Å². The maximum Gasteiger partial charge on any atom is 0.228 e. The predicted molar refractivity (Wildman–Crippen MR) is 169 cm³/mol. The molecule has 5 nitrogen and oxygen atoms in total. The highest BCUT2D eigenvalue weighted by Crippen LogP contribution is 2.56. The largest absolute Gasteiger partial charge is 0.459 e. The van der Waals surface area contributed by atoms with Crippen molar-refractivity contribution in [3.8, 4) is 5.75 Å². The molecule has 5 rings (SSSR count). The third kappa shape index (κ3) is 4.68. The van der Waals surface area contributed by atoms with Crippen LogP contribution in [0.3, 0.4) is 0 Å². The monoisotopic (exact) mass is 590 g/mol. The molecule has 0 aliphatic carbocycles. The van der Waals surface area contributed by atoms with Gasteiger partial charge in [-0.25, -0.2) is 0 Å². The van der Waals surface area contributed by atoms with E-state index in [9.17, 15) is 0 Å². The Morgan fingerprint density at radius 2 is 1.59 bits per heavy atom. The lowest BCUT2D eigenvalue weighted by Gasteiger charge is -2.46. The van der Waals surface area contributed by atoms with Crippen molar-refractivity contribution in [1.29, 1.82) is 0 Å². The Hall–Kier alpha value is -2.41. The third-order valence-electron chi connectivity index (χ3n) is 8.90. The second-order valence-corrected chi connectivity index (χ2v) is 12.0. The number of alkyl halides is 1. The third-order valence-corrected chi connectivity index (χ3v) is 9.25. The van der Waals surface area contributed by atoms with Gasteiger partial charge in [0.15, 0.2) is 5.75 Å². The topological polar surface area (TPSA) is 31.3 Å². The minimum Gasteiger partial charge on any atom is -0.459 e. The van der Waals surface area contributed by atoms with E-state index in [1.165, 1.54) is 27.8 Å². The number of nitrogens with zero attached hydrogens (tertiary/aromatic N) is 4. The Balaban J connectivity index is 1.65. The fraction of sp³-hybridized carbons (Fsp3) is 0.485. The van der Waals surface area contributed by atoms with Crippen molar-refractivity contribution in [2.75, 3.05) is 43.0 Å². The Bertz CT molecular complexity index is 1360. The van der Waals surface area contributed by atoms with Gasteiger partial charge in [-0.15, -0.1) is 0 Å². The molecule has 2 aliphatic rings. The number of fused-ring (bicyclic) bond motifs is 4. The Kier molecular flexibility index (Phi) is 8.10. The fourth-order valence-electron chi connectivity index (χ4n) is 6.37. The summed E-state index contributed by atoms with van der Waals surface area (Å²) in [6.07, 6.45) is 2.09. The van der Waals surface area contributed by atoms with Gasteiger partial charge in [-0.1, -0.05) is 80.0 Å². The second kappa shape index (κ2) is 11.2. The number of rotatable bonds is 10. The summed E-state index contributed by atoms with van der Waals surface area (Å²) >= 11 is 3.75. The fourth-order valence-corrected chi connectivity index (χ4v) is 6.73. The summed E-state index contributed by atoms with van der Waals surface area (Å²) in [7, 11) is 0. The van der Waals surface area contributed by atoms with Gasteiger partial charge < -0.3 is 9.64 Å². The molecule has 0 radical (unpaired) electrons. The molecule has 0 N–H and O–H groups in total. The minimum absolute atomic E-state index is 0.308. The summed E-state index contributed by atoms with van der Waals surface area (Å²) in [6, 6.07) is 17.9. The van der Waals surface area contributed by atoms with Gasteiger partial charge in [0.1, 0.15) is 5.69 Å². The van der Waals surface area contributed by atoms with Crippen molar-refractivity contribution in [3.05, 3.63) is 65.2 Å². The van der Waals surface area contributed by atoms with E-state index in [4.69, 9.17) is 9.73 Å². The highest BCUT2D eigenvalue weighted by atomic mass is 79.9. The molecule has 3 aromatic carbocycles. The SMILES string of the molecule is CCN(CC)Cc1ccc2c(c1)N(CCBr)C1(C=Nc3c(c(CN(CC)CC)cc4ccccc34)O1)C2(C)C. The first-order valence-corrected chi connectivity index (χ1v) is 15.7. The zero-order valence-electron chi connectivity index (χ0n) is 24.4. The van der Waals surface area contributed by atoms with Crippen LogP contribution in [-0.4, -0.2) is 59.8 Å². The maximum atomic E-state index is 7.35. The average Bonchev–Trinajstić information content (AvgIpc) is 3.12. The van der Waals surface area contributed by atoms with Crippen LogP contribution >= 0.6 is 15.9 Å². The molecule has 0 bridgehead atoms. The number of benzene rings is 3. The van der Waals surface area contributed by atoms with E-state index >= 15 is 0 Å². The van der Waals surface area contributed by atoms with Crippen LogP contribution in [0.4, 0.5) is 11.4 Å². The van der Waals surface area contributed by atoms with Crippen LogP contribution in [0, 0.1) is 0 Å². The van der Waals surface area contributed by atoms with E-state index in [1.54, 1.807) is 0 Å². The van der Waals surface area contributed by atoms with Crippen LogP contribution in [0.25, 0.3) is 10.8 Å². The summed E-state index contributed by atoms with van der Waals surface area (Å²) in [5.41, 5.74) is 5.04. The number of hydrogen-bond acceptors (Lipinski definition) is 5. The molecule has 0 aromatic heterocycles. The van der Waals surface area contributed by atoms with E-state index in [0.717, 1.165) is 68.0 Å². The van der Waals surface area contributed by atoms with Gasteiger partial charge in [0.25, 0.3) is 0 Å². The first-order valence-electron chi connectivity index (χ1n) is 14.5. The summed E-state index contributed by atoms with van der Waals surface area (Å²) in [5, 5.41) is 3.20. The molecule has 3 aromatic rings. The van der Waals surface area contributed by atoms with Crippen molar-refractivity contribution in [2.24, 2.45) is 4.99 Å². The minimum atomic E-state index is -0.718. The number of halogens is 1. The molecule has 2 aliphatic heterocycles. The van der Waals surface area contributed by atoms with E-state index in [0.29, 0.717) is 0 Å². The molecule has 208 valence electrons. The molecule has 0 amide bonds. The lowest BCUT2D eigenvalue weighted by Crippen LogP contribution is -2.62. The summed E-state index contributed by atoms with van der Waals surface area (Å²) in [4.78, 5) is 12.6. The van der Waals surface area contributed by atoms with Gasteiger partial charge >= 0.3 is 0 Å². The number of anilines is 1. The van der Waals surface area contributed by atoms with Crippen LogP contribution in [0.1, 0.15) is 58.2 Å². The van der Waals surface area contributed by atoms with Crippen molar-refractivity contribution < 1.29 is 4.74 Å². The van der Waals surface area contributed by atoms with E-state index in [1.807, 2.05) is 0 Å². The van der Waals surface area contributed by atoms with Gasteiger partial charge in [0.2, 0.25) is 5.72 Å². The summed E-state index contributed by atoms with van der Waals surface area (Å²) < 4.78 is 7.35. The first-order chi connectivity index (χ1) is 18.8. The standard InChI is InChI=1S/C33H43BrN4O/c1-7-36(8-2)21-24-15-16-28-29(19-24)38(18-17-34)33(32(28,5)6)23-35-30-27-14-12-11-13-25(27)20-26(31(30)39-33)22-37(9-3)10-4/h11-16,19-20,23H,7-10,17-18,21-22H2,1-6H3. The number of aliphatic imine (C=N–C) groups is 1. The van der Waals surface area contributed by atoms with Gasteiger partial charge in [0, 0.05) is 41.6 Å². The molecule has 0 fully saturated rings. The van der Waals surface area contributed by atoms with Crippen LogP contribution in [0.5, 0.6) is 5.75 Å². The van der Waals surface area contributed by atoms with Crippen molar-refractivity contribution in [3.63, 3.8) is 0 Å². The quantitative estimate of drug-likeness (QED) is 0.229. The molecular weight excluding hydrogens is 548 g/mol. The Morgan fingerprint density at radius 3 is 2.28 bits per heavy atom. The molecule has 0 saturated carbocycles. The summed E-state index contributed by atoms with van der Waals surface area (Å²) in [5.74, 6) is 0.923. The zero-order valence-corrected chi connectivity index (χ0v) is 26.0. The van der Waals surface area contributed by atoms with Crippen molar-refractivity contribution >= 4 is 44.3 Å². The van der Waals surface area contributed by atoms with Gasteiger partial charge in [-0.05, 0) is 68.7 Å². The maximum absolute atomic E-state index is 7.35. The first kappa shape index (κ1) is 28.1. The molecule has 2 heterocycles. The zero-order chi connectivity index (χ0) is 27.8. The number of ether oxygens (including phenoxy) is 1. The Labute approximate surface area is 243 Å². The molecular formula is C33H43BrN4O. The van der Waals surface area contributed by atoms with Gasteiger partial charge in [-0.3, -0.25) is 14.8 Å². The average molecular weight is 592 g/mol. The molecule has 1 atom stereocenters. The molecule has 0 saturated heterocycles. The molecule has 1 spiro atoms. The van der Waals surface area contributed by atoms with Crippen molar-refractivity contribution in [1.82, 2.24) is 9.80 Å². The second-order valence-electron chi connectivity index (χ2n) is 11.2. The molecule has 1 unspecified atom stereocenters. The van der Waals surface area contributed by atoms with Crippen LogP contribution in [0.2, 0.25) is 0 Å². The molecule has 39 heavy (non-hydrogen) atoms. The van der Waals surface area contributed by atoms with Crippen LogP contribution < -0.4 is 9.64 Å². The lowest BCUT2D eigenvalue weighted by atomic mass is 9.77. The van der Waals surface area contributed by atoms with Gasteiger partial charge in [0.05, 0.1) is 11.6 Å². The normalized spacial score (nSPS) is 19.3. The smallest absolute Gasteiger partial charge is 0.228 e. The summed E-state index contributed by atoms with van der Waals surface area (Å²) in [6.45, 7) is 20.2. The van der Waals surface area contributed by atoms with E-state index < -0.39 is 5.72 Å². The highest BCUT2D eigenvalue weighted by molar-refractivity contribution is 9.09. The van der Waals surface area contributed by atoms with E-state index in [-0.39, 0.29) is 5.41 Å². The van der Waals surface area contributed by atoms with Crippen molar-refractivity contribution in [2.45, 2.75) is 65.8 Å². The van der Waals surface area contributed by atoms with Crippen LogP contribution in [0.15, 0.2) is 53.5 Å². The lowest BCUT2D eigenvalue weighted by molar-refractivity contribution is 0.0769. The number of hydrogen-bond donors (Lipinski definition) is 0. The van der Waals surface area contributed by atoms with Gasteiger partial charge in [-0.2, -0.15) is 0 Å². The molecule has 6 heteroatoms. The Morgan fingerprint density at radius 1 is 0.897 bits per heavy atom.